The molecule has 110 valence electrons. The zero-order chi connectivity index (χ0) is 15.2. The molecule has 0 fully saturated rings. The van der Waals surface area contributed by atoms with Crippen molar-refractivity contribution < 1.29 is 9.90 Å². The number of rotatable bonds is 5. The Balaban J connectivity index is 1.98. The average molecular weight is 285 g/mol. The Morgan fingerprint density at radius 3 is 2.38 bits per heavy atom. The summed E-state index contributed by atoms with van der Waals surface area (Å²) in [5.74, 6) is 0.413. The zero-order valence-electron chi connectivity index (χ0n) is 12.2. The van der Waals surface area contributed by atoms with Crippen LogP contribution in [0.25, 0.3) is 11.4 Å². The van der Waals surface area contributed by atoms with Crippen LogP contribution in [0.4, 0.5) is 5.69 Å². The van der Waals surface area contributed by atoms with Gasteiger partial charge in [-0.25, -0.2) is 9.97 Å². The van der Waals surface area contributed by atoms with Crippen LogP contribution in [0.3, 0.4) is 0 Å². The average Bonchev–Trinajstić information content (AvgIpc) is 2.48. The van der Waals surface area contributed by atoms with Crippen LogP contribution < -0.4 is 5.32 Å². The summed E-state index contributed by atoms with van der Waals surface area (Å²) in [5.41, 5.74) is 1.45. The van der Waals surface area contributed by atoms with Crippen molar-refractivity contribution in [3.8, 4) is 11.4 Å². The molecule has 5 nitrogen and oxygen atoms in total. The second-order valence-corrected chi connectivity index (χ2v) is 5.23. The van der Waals surface area contributed by atoms with Gasteiger partial charge in [-0.15, -0.1) is 0 Å². The largest absolute Gasteiger partial charge is 0.392 e. The van der Waals surface area contributed by atoms with E-state index in [1.165, 1.54) is 0 Å². The van der Waals surface area contributed by atoms with Gasteiger partial charge < -0.3 is 10.4 Å². The van der Waals surface area contributed by atoms with Gasteiger partial charge >= 0.3 is 0 Å². The number of benzene rings is 1. The lowest BCUT2D eigenvalue weighted by Gasteiger charge is -2.13. The minimum atomic E-state index is -0.644. The summed E-state index contributed by atoms with van der Waals surface area (Å²) in [6.45, 7) is 3.74. The van der Waals surface area contributed by atoms with Crippen LogP contribution in [-0.2, 0) is 4.79 Å². The maximum absolute atomic E-state index is 11.8. The Bertz CT molecular complexity index is 582. The van der Waals surface area contributed by atoms with Crippen molar-refractivity contribution in [3.05, 3.63) is 42.7 Å². The quantitative estimate of drug-likeness (QED) is 0.885. The van der Waals surface area contributed by atoms with Crippen LogP contribution in [0.5, 0.6) is 0 Å². The second kappa shape index (κ2) is 6.95. The van der Waals surface area contributed by atoms with Crippen molar-refractivity contribution in [1.29, 1.82) is 0 Å². The Labute approximate surface area is 124 Å². The van der Waals surface area contributed by atoms with Crippen molar-refractivity contribution in [2.24, 2.45) is 5.92 Å². The topological polar surface area (TPSA) is 75.1 Å². The summed E-state index contributed by atoms with van der Waals surface area (Å²) in [6, 6.07) is 9.61. The maximum atomic E-state index is 11.8. The van der Waals surface area contributed by atoms with E-state index in [0.29, 0.717) is 11.5 Å². The number of carbonyl (C=O) groups is 1. The molecule has 1 heterocycles. The smallest absolute Gasteiger partial charge is 0.227 e. The minimum absolute atomic E-state index is 0.0486. The van der Waals surface area contributed by atoms with Gasteiger partial charge in [-0.1, -0.05) is 44.2 Å². The van der Waals surface area contributed by atoms with Crippen molar-refractivity contribution >= 4 is 11.6 Å². The number of hydrogen-bond donors (Lipinski definition) is 2. The fraction of sp³-hybridized carbons (Fsp3) is 0.312. The van der Waals surface area contributed by atoms with Gasteiger partial charge in [-0.3, -0.25) is 4.79 Å². The number of aromatic nitrogens is 2. The molecule has 21 heavy (non-hydrogen) atoms. The number of anilines is 1. The number of amides is 1. The van der Waals surface area contributed by atoms with Crippen molar-refractivity contribution in [1.82, 2.24) is 9.97 Å². The first-order valence-corrected chi connectivity index (χ1v) is 6.91. The summed E-state index contributed by atoms with van der Waals surface area (Å²) in [5, 5.41) is 12.4. The van der Waals surface area contributed by atoms with Gasteiger partial charge in [0.05, 0.1) is 30.6 Å². The van der Waals surface area contributed by atoms with E-state index in [0.717, 1.165) is 5.56 Å². The molecule has 0 bridgehead atoms. The Morgan fingerprint density at radius 1 is 1.19 bits per heavy atom. The number of hydrogen-bond acceptors (Lipinski definition) is 4. The van der Waals surface area contributed by atoms with Crippen LogP contribution in [0.1, 0.15) is 20.3 Å². The van der Waals surface area contributed by atoms with Crippen LogP contribution >= 0.6 is 0 Å². The van der Waals surface area contributed by atoms with E-state index >= 15 is 0 Å². The summed E-state index contributed by atoms with van der Waals surface area (Å²) >= 11 is 0. The molecule has 1 aromatic heterocycles. The molecule has 0 aliphatic rings. The maximum Gasteiger partial charge on any atom is 0.227 e. The Morgan fingerprint density at radius 2 is 1.81 bits per heavy atom. The van der Waals surface area contributed by atoms with E-state index in [1.54, 1.807) is 12.4 Å². The molecular formula is C16H19N3O2. The molecule has 0 aliphatic heterocycles. The van der Waals surface area contributed by atoms with E-state index in [-0.39, 0.29) is 18.2 Å². The number of nitrogens with one attached hydrogen (secondary N) is 1. The normalized spacial score (nSPS) is 12.2. The molecule has 0 spiro atoms. The molecule has 2 rings (SSSR count). The molecule has 1 aromatic carbocycles. The van der Waals surface area contributed by atoms with Crippen LogP contribution in [0.2, 0.25) is 0 Å². The van der Waals surface area contributed by atoms with E-state index in [2.05, 4.69) is 15.3 Å². The van der Waals surface area contributed by atoms with Gasteiger partial charge in [0, 0.05) is 5.56 Å². The fourth-order valence-electron chi connectivity index (χ4n) is 1.77. The second-order valence-electron chi connectivity index (χ2n) is 5.23. The summed E-state index contributed by atoms with van der Waals surface area (Å²) in [6.07, 6.45) is 2.55. The highest BCUT2D eigenvalue weighted by atomic mass is 16.3. The fourth-order valence-corrected chi connectivity index (χ4v) is 1.77. The van der Waals surface area contributed by atoms with Gasteiger partial charge in [-0.05, 0) is 5.92 Å². The third kappa shape index (κ3) is 4.36. The molecule has 1 atom stereocenters. The van der Waals surface area contributed by atoms with E-state index in [1.807, 2.05) is 44.2 Å². The predicted octanol–water partition coefficient (Wildman–Crippen LogP) is 2.49. The van der Waals surface area contributed by atoms with Crippen molar-refractivity contribution in [2.75, 3.05) is 5.32 Å². The number of aliphatic hydroxyl groups is 1. The lowest BCUT2D eigenvalue weighted by Crippen LogP contribution is -2.23. The molecule has 1 unspecified atom stereocenters. The molecule has 2 aromatic rings. The van der Waals surface area contributed by atoms with Gasteiger partial charge in [0.25, 0.3) is 0 Å². The van der Waals surface area contributed by atoms with Gasteiger partial charge in [0.1, 0.15) is 0 Å². The lowest BCUT2D eigenvalue weighted by molar-refractivity contribution is -0.118. The molecule has 0 saturated carbocycles. The SMILES string of the molecule is CC(C)C(O)CC(=O)Nc1cnc(-c2ccccc2)nc1. The van der Waals surface area contributed by atoms with Crippen LogP contribution in [0, 0.1) is 5.92 Å². The summed E-state index contributed by atoms with van der Waals surface area (Å²) < 4.78 is 0. The Hall–Kier alpha value is -2.27. The zero-order valence-corrected chi connectivity index (χ0v) is 12.2. The highest BCUT2D eigenvalue weighted by molar-refractivity contribution is 5.90. The first kappa shape index (κ1) is 15.1. The van der Waals surface area contributed by atoms with Gasteiger partial charge in [0.2, 0.25) is 5.91 Å². The standard InChI is InChI=1S/C16H19N3O2/c1-11(2)14(20)8-15(21)19-13-9-17-16(18-10-13)12-6-4-3-5-7-12/h3-7,9-11,14,20H,8H2,1-2H3,(H,19,21). The highest BCUT2D eigenvalue weighted by Crippen LogP contribution is 2.15. The number of aliphatic hydroxyl groups excluding tert-OH is 1. The van der Waals surface area contributed by atoms with Crippen LogP contribution in [0.15, 0.2) is 42.7 Å². The number of nitrogens with zero attached hydrogens (tertiary/aromatic N) is 2. The first-order valence-electron chi connectivity index (χ1n) is 6.91. The number of carbonyl (C=O) groups excluding carboxylic acids is 1. The van der Waals surface area contributed by atoms with Gasteiger partial charge in [-0.2, -0.15) is 0 Å². The van der Waals surface area contributed by atoms with E-state index < -0.39 is 6.10 Å². The molecule has 1 amide bonds. The minimum Gasteiger partial charge on any atom is -0.392 e. The Kier molecular flexibility index (Phi) is 5.00. The molecule has 0 radical (unpaired) electrons. The van der Waals surface area contributed by atoms with Crippen LogP contribution in [-0.4, -0.2) is 27.1 Å². The van der Waals surface area contributed by atoms with E-state index in [4.69, 9.17) is 0 Å². The first-order chi connectivity index (χ1) is 10.1. The predicted molar refractivity (Wildman–Crippen MR) is 81.6 cm³/mol. The summed E-state index contributed by atoms with van der Waals surface area (Å²) in [7, 11) is 0. The third-order valence-electron chi connectivity index (χ3n) is 3.13. The van der Waals surface area contributed by atoms with Crippen molar-refractivity contribution in [3.63, 3.8) is 0 Å². The molecule has 0 saturated heterocycles. The molecule has 5 heteroatoms. The molecule has 0 aliphatic carbocycles. The lowest BCUT2D eigenvalue weighted by atomic mass is 10.0. The highest BCUT2D eigenvalue weighted by Gasteiger charge is 2.14. The monoisotopic (exact) mass is 285 g/mol. The van der Waals surface area contributed by atoms with E-state index in [9.17, 15) is 9.90 Å². The third-order valence-corrected chi connectivity index (χ3v) is 3.13. The molecule has 2 N–H and O–H groups in total. The summed E-state index contributed by atoms with van der Waals surface area (Å²) in [4.78, 5) is 20.2. The van der Waals surface area contributed by atoms with Crippen molar-refractivity contribution in [2.45, 2.75) is 26.4 Å². The van der Waals surface area contributed by atoms with Gasteiger partial charge in [0.15, 0.2) is 5.82 Å². The molecular weight excluding hydrogens is 266 g/mol.